The number of benzene rings is 3. The Morgan fingerprint density at radius 3 is 2.44 bits per heavy atom. The number of ether oxygens (including phenoxy) is 1. The van der Waals surface area contributed by atoms with Crippen molar-refractivity contribution in [1.82, 2.24) is 5.32 Å². The van der Waals surface area contributed by atoms with Crippen molar-refractivity contribution < 1.29 is 18.7 Å². The van der Waals surface area contributed by atoms with Crippen molar-refractivity contribution in [2.45, 2.75) is 13.3 Å². The Bertz CT molecular complexity index is 1240. The van der Waals surface area contributed by atoms with Crippen molar-refractivity contribution in [3.63, 3.8) is 0 Å². The molecule has 0 saturated heterocycles. The van der Waals surface area contributed by atoms with E-state index in [-0.39, 0.29) is 10.1 Å². The van der Waals surface area contributed by atoms with Gasteiger partial charge in [0.15, 0.2) is 5.11 Å². The van der Waals surface area contributed by atoms with E-state index in [1.54, 1.807) is 42.5 Å². The van der Waals surface area contributed by atoms with Gasteiger partial charge in [0.2, 0.25) is 0 Å². The molecule has 176 valence electrons. The van der Waals surface area contributed by atoms with Crippen LogP contribution in [-0.4, -0.2) is 23.5 Å². The molecule has 0 fully saturated rings. The third-order valence-electron chi connectivity index (χ3n) is 4.44. The van der Waals surface area contributed by atoms with Gasteiger partial charge in [-0.2, -0.15) is 0 Å². The third kappa shape index (κ3) is 6.99. The van der Waals surface area contributed by atoms with Crippen LogP contribution in [0, 0.1) is 5.82 Å². The zero-order valence-corrected chi connectivity index (χ0v) is 21.1. The van der Waals surface area contributed by atoms with Gasteiger partial charge in [0.1, 0.15) is 11.6 Å². The highest BCUT2D eigenvalue weighted by Gasteiger charge is 2.13. The Morgan fingerprint density at radius 2 is 1.74 bits per heavy atom. The van der Waals surface area contributed by atoms with E-state index in [1.807, 2.05) is 6.92 Å². The van der Waals surface area contributed by atoms with Crippen molar-refractivity contribution in [2.24, 2.45) is 0 Å². The van der Waals surface area contributed by atoms with Gasteiger partial charge in [0, 0.05) is 22.5 Å². The number of thiocarbonyl (C=S) groups is 1. The van der Waals surface area contributed by atoms with Gasteiger partial charge >= 0.3 is 0 Å². The van der Waals surface area contributed by atoms with Crippen molar-refractivity contribution >= 4 is 68.1 Å². The number of carbonyl (C=O) groups excluding carboxylic acids is 2. The number of halogens is 3. The largest absolute Gasteiger partial charge is 0.492 e. The Kier molecular flexibility index (Phi) is 8.98. The topological polar surface area (TPSA) is 79.5 Å². The highest BCUT2D eigenvalue weighted by atomic mass is 79.9. The summed E-state index contributed by atoms with van der Waals surface area (Å²) in [6, 6.07) is 15.4. The first-order valence-corrected chi connectivity index (χ1v) is 11.8. The highest BCUT2D eigenvalue weighted by molar-refractivity contribution is 9.10. The Morgan fingerprint density at radius 1 is 1.00 bits per heavy atom. The van der Waals surface area contributed by atoms with Crippen molar-refractivity contribution in [3.05, 3.63) is 87.1 Å². The third-order valence-corrected chi connectivity index (χ3v) is 5.56. The lowest BCUT2D eigenvalue weighted by Gasteiger charge is -2.12. The normalized spacial score (nSPS) is 10.4. The Labute approximate surface area is 215 Å². The first-order chi connectivity index (χ1) is 16.3. The van der Waals surface area contributed by atoms with E-state index < -0.39 is 17.6 Å². The van der Waals surface area contributed by atoms with Crippen molar-refractivity contribution in [1.29, 1.82) is 0 Å². The lowest BCUT2D eigenvalue weighted by Crippen LogP contribution is -2.34. The molecule has 34 heavy (non-hydrogen) atoms. The zero-order chi connectivity index (χ0) is 24.7. The number of hydrogen-bond acceptors (Lipinski definition) is 4. The van der Waals surface area contributed by atoms with Crippen LogP contribution in [0.1, 0.15) is 34.1 Å². The Hall–Kier alpha value is -3.01. The molecule has 2 amide bonds. The van der Waals surface area contributed by atoms with Gasteiger partial charge in [0.05, 0.1) is 16.1 Å². The highest BCUT2D eigenvalue weighted by Crippen LogP contribution is 2.26. The number of amides is 2. The van der Waals surface area contributed by atoms with Crippen LogP contribution in [0.4, 0.5) is 15.8 Å². The maximum atomic E-state index is 13.3. The first-order valence-electron chi connectivity index (χ1n) is 10.2. The Balaban J connectivity index is 1.61. The predicted molar refractivity (Wildman–Crippen MR) is 139 cm³/mol. The first kappa shape index (κ1) is 25.6. The summed E-state index contributed by atoms with van der Waals surface area (Å²) in [6.07, 6.45) is 0.873. The van der Waals surface area contributed by atoms with E-state index in [0.717, 1.165) is 6.42 Å². The van der Waals surface area contributed by atoms with Gasteiger partial charge in [-0.05, 0) is 89.2 Å². The van der Waals surface area contributed by atoms with Crippen LogP contribution in [0.2, 0.25) is 5.02 Å². The molecule has 0 aliphatic heterocycles. The van der Waals surface area contributed by atoms with Gasteiger partial charge < -0.3 is 15.4 Å². The molecule has 10 heteroatoms. The van der Waals surface area contributed by atoms with Crippen LogP contribution in [0.5, 0.6) is 5.75 Å². The molecule has 0 radical (unpaired) electrons. The van der Waals surface area contributed by atoms with Crippen LogP contribution in [0.15, 0.2) is 65.1 Å². The molecular formula is C24H20BrClFN3O3S. The second kappa shape index (κ2) is 11.9. The summed E-state index contributed by atoms with van der Waals surface area (Å²) in [5.41, 5.74) is 1.58. The van der Waals surface area contributed by atoms with Crippen LogP contribution in [-0.2, 0) is 0 Å². The molecule has 0 bridgehead atoms. The lowest BCUT2D eigenvalue weighted by atomic mass is 10.2. The quantitative estimate of drug-likeness (QED) is 0.289. The smallest absolute Gasteiger partial charge is 0.257 e. The van der Waals surface area contributed by atoms with E-state index in [1.165, 1.54) is 18.2 Å². The molecule has 0 aliphatic carbocycles. The van der Waals surface area contributed by atoms with Crippen molar-refractivity contribution in [3.8, 4) is 5.75 Å². The minimum atomic E-state index is -0.574. The molecule has 0 aliphatic rings. The fourth-order valence-corrected chi connectivity index (χ4v) is 3.71. The van der Waals surface area contributed by atoms with E-state index >= 15 is 0 Å². The summed E-state index contributed by atoms with van der Waals surface area (Å²) in [6.45, 7) is 2.58. The van der Waals surface area contributed by atoms with Crippen LogP contribution < -0.4 is 20.7 Å². The van der Waals surface area contributed by atoms with E-state index in [9.17, 15) is 14.0 Å². The summed E-state index contributed by atoms with van der Waals surface area (Å²) in [5.74, 6) is -0.745. The summed E-state index contributed by atoms with van der Waals surface area (Å²) < 4.78 is 19.6. The molecule has 6 nitrogen and oxygen atoms in total. The molecule has 0 unspecified atom stereocenters. The van der Waals surface area contributed by atoms with E-state index in [2.05, 4.69) is 31.9 Å². The molecule has 0 aromatic heterocycles. The predicted octanol–water partition coefficient (Wildman–Crippen LogP) is 6.41. The lowest BCUT2D eigenvalue weighted by molar-refractivity contribution is 0.0976. The fourth-order valence-electron chi connectivity index (χ4n) is 2.82. The van der Waals surface area contributed by atoms with E-state index in [4.69, 9.17) is 28.6 Å². The number of hydrogen-bond donors (Lipinski definition) is 3. The number of rotatable bonds is 7. The van der Waals surface area contributed by atoms with Crippen molar-refractivity contribution in [2.75, 3.05) is 17.2 Å². The number of nitrogens with one attached hydrogen (secondary N) is 3. The minimum absolute atomic E-state index is 0.0651. The molecule has 3 aromatic rings. The summed E-state index contributed by atoms with van der Waals surface area (Å²) in [7, 11) is 0. The number of anilines is 2. The minimum Gasteiger partial charge on any atom is -0.492 e. The summed E-state index contributed by atoms with van der Waals surface area (Å²) in [4.78, 5) is 25.1. The molecule has 0 saturated carbocycles. The summed E-state index contributed by atoms with van der Waals surface area (Å²) >= 11 is 14.4. The molecule has 3 N–H and O–H groups in total. The van der Waals surface area contributed by atoms with Crippen LogP contribution in [0.25, 0.3) is 0 Å². The molecule has 0 spiro atoms. The maximum Gasteiger partial charge on any atom is 0.257 e. The van der Waals surface area contributed by atoms with Gasteiger partial charge in [-0.1, -0.05) is 24.6 Å². The van der Waals surface area contributed by atoms with Gasteiger partial charge in [-0.3, -0.25) is 14.9 Å². The molecular weight excluding hydrogens is 545 g/mol. The van der Waals surface area contributed by atoms with E-state index in [0.29, 0.717) is 39.3 Å². The monoisotopic (exact) mass is 563 g/mol. The van der Waals surface area contributed by atoms with Crippen LogP contribution >= 0.6 is 39.7 Å². The maximum absolute atomic E-state index is 13.3. The molecule has 0 heterocycles. The van der Waals surface area contributed by atoms with Gasteiger partial charge in [-0.25, -0.2) is 4.39 Å². The second-order valence-corrected chi connectivity index (χ2v) is 8.74. The SMILES string of the molecule is CCCOc1ccc(C(=O)NC(=S)Nc2cccc(C(=O)Nc3ccc(F)c(Cl)c3)c2)cc1Br. The fraction of sp³-hybridized carbons (Fsp3) is 0.125. The molecule has 0 atom stereocenters. The van der Waals surface area contributed by atoms with Gasteiger partial charge in [-0.15, -0.1) is 0 Å². The molecule has 3 rings (SSSR count). The second-order valence-electron chi connectivity index (χ2n) is 7.07. The number of carbonyl (C=O) groups is 2. The average Bonchev–Trinajstić information content (AvgIpc) is 2.80. The van der Waals surface area contributed by atoms with Crippen LogP contribution in [0.3, 0.4) is 0 Å². The average molecular weight is 565 g/mol. The summed E-state index contributed by atoms with van der Waals surface area (Å²) in [5, 5.41) is 8.11. The standard InChI is InChI=1S/C24H20BrClFN3O3S/c1-2-10-33-21-9-6-15(12-18(21)25)23(32)30-24(34)29-16-5-3-4-14(11-16)22(31)28-17-7-8-20(27)19(26)13-17/h3-9,11-13H,2,10H2,1H3,(H,28,31)(H2,29,30,32,34). The van der Waals surface area contributed by atoms with Gasteiger partial charge in [0.25, 0.3) is 11.8 Å². The zero-order valence-electron chi connectivity index (χ0n) is 18.0. The molecule has 3 aromatic carbocycles.